The number of methoxy groups -OCH3 is 1. The van der Waals surface area contributed by atoms with Crippen molar-refractivity contribution in [2.24, 2.45) is 5.92 Å². The molecule has 0 saturated carbocycles. The van der Waals surface area contributed by atoms with Gasteiger partial charge in [0.15, 0.2) is 0 Å². The van der Waals surface area contributed by atoms with Crippen molar-refractivity contribution in [3.8, 4) is 5.88 Å². The summed E-state index contributed by atoms with van der Waals surface area (Å²) in [6.45, 7) is 5.54. The van der Waals surface area contributed by atoms with Crippen molar-refractivity contribution in [2.75, 3.05) is 51.3 Å². The Kier molecular flexibility index (Phi) is 9.11. The third-order valence-electron chi connectivity index (χ3n) is 9.62. The summed E-state index contributed by atoms with van der Waals surface area (Å²) in [5, 5.41) is 9.38. The number of carboxylic acids is 1. The van der Waals surface area contributed by atoms with Gasteiger partial charge in [0.2, 0.25) is 11.5 Å². The Bertz CT molecular complexity index is 1340. The zero-order chi connectivity index (χ0) is 31.8. The maximum atomic E-state index is 17.0. The van der Waals surface area contributed by atoms with E-state index >= 15 is 4.39 Å². The Hall–Kier alpha value is -3.41. The average Bonchev–Trinajstić information content (AvgIpc) is 3.39. The minimum Gasteiger partial charge on any atom is -0.481 e. The molecule has 1 aromatic heterocycles. The molecule has 3 aliphatic rings. The number of hydrogen-bond acceptors (Lipinski definition) is 6. The van der Waals surface area contributed by atoms with Crippen molar-refractivity contribution in [3.63, 3.8) is 0 Å². The number of rotatable bonds is 7. The summed E-state index contributed by atoms with van der Waals surface area (Å²) in [6.07, 6.45) is -1.28. The van der Waals surface area contributed by atoms with Crippen LogP contribution in [-0.2, 0) is 15.8 Å². The summed E-state index contributed by atoms with van der Waals surface area (Å²) in [7, 11) is 1.50. The molecular weight excluding hydrogens is 580 g/mol. The first kappa shape index (κ1) is 32.0. The van der Waals surface area contributed by atoms with Crippen LogP contribution in [0.4, 0.5) is 23.2 Å². The van der Waals surface area contributed by atoms with Crippen LogP contribution in [0.5, 0.6) is 5.88 Å². The predicted molar refractivity (Wildman–Crippen MR) is 157 cm³/mol. The number of aliphatic carboxylic acids is 1. The Morgan fingerprint density at radius 3 is 2.27 bits per heavy atom. The van der Waals surface area contributed by atoms with Crippen molar-refractivity contribution in [1.29, 1.82) is 0 Å². The van der Waals surface area contributed by atoms with Crippen LogP contribution in [0.2, 0.25) is 0 Å². The van der Waals surface area contributed by atoms with Crippen molar-refractivity contribution in [1.82, 2.24) is 14.8 Å². The number of alkyl halides is 4. The Labute approximate surface area is 255 Å². The number of carbonyl (C=O) groups is 2. The SMILES string of the molecule is COc1ccc([C@@H]2CN(C(C)C)C[C@@]2(F)C(=O)N2CCC(c3ccc(C(F)(F)F)cc3N3CCC(C(=O)O)CC3)CC2)cn1. The number of carbonyl (C=O) groups excluding carboxylic acids is 1. The molecule has 0 aliphatic carbocycles. The summed E-state index contributed by atoms with van der Waals surface area (Å²) < 4.78 is 63.1. The third-order valence-corrected chi connectivity index (χ3v) is 9.62. The maximum absolute atomic E-state index is 17.0. The van der Waals surface area contributed by atoms with E-state index in [1.807, 2.05) is 23.6 Å². The number of hydrogen-bond donors (Lipinski definition) is 1. The molecule has 240 valence electrons. The van der Waals surface area contributed by atoms with Gasteiger partial charge in [-0.3, -0.25) is 14.5 Å². The van der Waals surface area contributed by atoms with E-state index in [1.54, 1.807) is 23.2 Å². The summed E-state index contributed by atoms with van der Waals surface area (Å²) >= 11 is 0. The number of nitrogens with zero attached hydrogens (tertiary/aromatic N) is 4. The molecule has 0 spiro atoms. The summed E-state index contributed by atoms with van der Waals surface area (Å²) in [6, 6.07) is 7.22. The second-order valence-electron chi connectivity index (χ2n) is 12.5. The summed E-state index contributed by atoms with van der Waals surface area (Å²) in [5.74, 6) is -2.39. The molecule has 12 heteroatoms. The van der Waals surface area contributed by atoms with Gasteiger partial charge in [-0.25, -0.2) is 9.37 Å². The topological polar surface area (TPSA) is 86.2 Å². The molecule has 8 nitrogen and oxygen atoms in total. The van der Waals surface area contributed by atoms with Crippen molar-refractivity contribution in [3.05, 3.63) is 53.2 Å². The van der Waals surface area contributed by atoms with Gasteiger partial charge in [0.1, 0.15) is 0 Å². The van der Waals surface area contributed by atoms with E-state index in [9.17, 15) is 27.9 Å². The van der Waals surface area contributed by atoms with E-state index < -0.39 is 41.1 Å². The Balaban J connectivity index is 1.34. The number of ether oxygens (including phenoxy) is 1. The fourth-order valence-corrected chi connectivity index (χ4v) is 6.91. The monoisotopic (exact) mass is 620 g/mol. The van der Waals surface area contributed by atoms with Gasteiger partial charge in [-0.2, -0.15) is 13.2 Å². The lowest BCUT2D eigenvalue weighted by molar-refractivity contribution is -0.145. The molecule has 2 aromatic rings. The molecular formula is C32H40F4N4O4. The fourth-order valence-electron chi connectivity index (χ4n) is 6.91. The lowest BCUT2D eigenvalue weighted by Gasteiger charge is -2.39. The second kappa shape index (κ2) is 12.5. The molecule has 3 fully saturated rings. The first-order valence-electron chi connectivity index (χ1n) is 15.2. The number of aromatic nitrogens is 1. The first-order valence-corrected chi connectivity index (χ1v) is 15.2. The highest BCUT2D eigenvalue weighted by molar-refractivity contribution is 5.87. The van der Waals surface area contributed by atoms with Crippen molar-refractivity contribution in [2.45, 2.75) is 69.3 Å². The summed E-state index contributed by atoms with van der Waals surface area (Å²) in [5.41, 5.74) is -1.06. The molecule has 3 saturated heterocycles. The van der Waals surface area contributed by atoms with Crippen LogP contribution in [-0.4, -0.2) is 89.9 Å². The zero-order valence-corrected chi connectivity index (χ0v) is 25.3. The van der Waals surface area contributed by atoms with Crippen molar-refractivity contribution >= 4 is 17.6 Å². The van der Waals surface area contributed by atoms with Gasteiger partial charge in [0.25, 0.3) is 5.91 Å². The molecule has 4 heterocycles. The maximum Gasteiger partial charge on any atom is 0.416 e. The minimum absolute atomic E-state index is 0.0323. The number of carboxylic acid groups (broad SMARTS) is 1. The lowest BCUT2D eigenvalue weighted by Crippen LogP contribution is -2.52. The van der Waals surface area contributed by atoms with Crippen LogP contribution in [0.3, 0.4) is 0 Å². The first-order chi connectivity index (χ1) is 20.8. The van der Waals surface area contributed by atoms with Crippen LogP contribution < -0.4 is 9.64 Å². The second-order valence-corrected chi connectivity index (χ2v) is 12.5. The number of halogens is 4. The minimum atomic E-state index is -4.51. The Morgan fingerprint density at radius 1 is 1.05 bits per heavy atom. The molecule has 0 radical (unpaired) electrons. The molecule has 44 heavy (non-hydrogen) atoms. The largest absolute Gasteiger partial charge is 0.481 e. The fraction of sp³-hybridized carbons (Fsp3) is 0.594. The van der Waals surface area contributed by atoms with Crippen LogP contribution in [0, 0.1) is 5.92 Å². The number of piperidine rings is 2. The van der Waals surface area contributed by atoms with E-state index in [4.69, 9.17) is 4.74 Å². The summed E-state index contributed by atoms with van der Waals surface area (Å²) in [4.78, 5) is 34.9. The average molecular weight is 621 g/mol. The predicted octanol–water partition coefficient (Wildman–Crippen LogP) is 5.33. The van der Waals surface area contributed by atoms with E-state index in [0.717, 1.165) is 17.7 Å². The molecule has 0 bridgehead atoms. The molecule has 2 atom stereocenters. The van der Waals surface area contributed by atoms with E-state index in [-0.39, 0.29) is 31.6 Å². The number of pyridine rings is 1. The van der Waals surface area contributed by atoms with E-state index in [2.05, 4.69) is 4.98 Å². The highest BCUT2D eigenvalue weighted by Gasteiger charge is 2.56. The van der Waals surface area contributed by atoms with Crippen LogP contribution in [0.1, 0.15) is 68.1 Å². The van der Waals surface area contributed by atoms with E-state index in [1.165, 1.54) is 13.2 Å². The van der Waals surface area contributed by atoms with Gasteiger partial charge < -0.3 is 19.6 Å². The van der Waals surface area contributed by atoms with Gasteiger partial charge in [0.05, 0.1) is 18.6 Å². The van der Waals surface area contributed by atoms with Crippen LogP contribution in [0.25, 0.3) is 0 Å². The number of likely N-dealkylation sites (tertiary alicyclic amines) is 2. The third kappa shape index (κ3) is 6.36. The van der Waals surface area contributed by atoms with Crippen LogP contribution >= 0.6 is 0 Å². The van der Waals surface area contributed by atoms with E-state index in [0.29, 0.717) is 62.4 Å². The molecule has 1 amide bonds. The van der Waals surface area contributed by atoms with Gasteiger partial charge in [-0.1, -0.05) is 12.1 Å². The number of anilines is 1. The molecule has 1 aromatic carbocycles. The van der Waals surface area contributed by atoms with Gasteiger partial charge >= 0.3 is 12.1 Å². The van der Waals surface area contributed by atoms with Gasteiger partial charge in [-0.15, -0.1) is 0 Å². The molecule has 5 rings (SSSR count). The highest BCUT2D eigenvalue weighted by Crippen LogP contribution is 2.44. The molecule has 3 aliphatic heterocycles. The molecule has 1 N–H and O–H groups in total. The normalized spacial score (nSPS) is 24.2. The number of amides is 1. The quantitative estimate of drug-likeness (QED) is 0.419. The zero-order valence-electron chi connectivity index (χ0n) is 25.3. The van der Waals surface area contributed by atoms with Crippen molar-refractivity contribution < 1.29 is 37.0 Å². The lowest BCUT2D eigenvalue weighted by atomic mass is 9.83. The molecule has 0 unspecified atom stereocenters. The standard InChI is InChI=1S/C32H40F4N4O4/c1-20(2)40-18-26(23-4-7-28(44-3)37-17-23)31(33,19-40)30(43)39-14-8-21(9-15-39)25-6-5-24(32(34,35)36)16-27(25)38-12-10-22(11-13-38)29(41)42/h4-7,16-17,20-22,26H,8-15,18-19H2,1-3H3,(H,41,42)/t26-,31-/m0/s1. The van der Waals surface area contributed by atoms with Crippen LogP contribution in [0.15, 0.2) is 36.5 Å². The Morgan fingerprint density at radius 2 is 1.73 bits per heavy atom. The van der Waals surface area contributed by atoms with Gasteiger partial charge in [-0.05, 0) is 68.7 Å². The highest BCUT2D eigenvalue weighted by atomic mass is 19.4. The van der Waals surface area contributed by atoms with Gasteiger partial charge in [0, 0.05) is 69.2 Å². The smallest absolute Gasteiger partial charge is 0.416 e. The number of benzene rings is 1.